The van der Waals surface area contributed by atoms with E-state index in [9.17, 15) is 0 Å². The second-order valence-corrected chi connectivity index (χ2v) is 4.27. The minimum absolute atomic E-state index is 0.583. The molecule has 1 rings (SSSR count). The van der Waals surface area contributed by atoms with Gasteiger partial charge >= 0.3 is 0 Å². The van der Waals surface area contributed by atoms with Crippen molar-refractivity contribution >= 4 is 5.69 Å². The second-order valence-electron chi connectivity index (χ2n) is 4.27. The summed E-state index contributed by atoms with van der Waals surface area (Å²) in [5.41, 5.74) is 7.46. The van der Waals surface area contributed by atoms with Gasteiger partial charge in [-0.05, 0) is 12.0 Å². The lowest BCUT2D eigenvalue weighted by Gasteiger charge is -2.14. The predicted molar refractivity (Wildman–Crippen MR) is 71.1 cm³/mol. The van der Waals surface area contributed by atoms with Gasteiger partial charge in [-0.2, -0.15) is 0 Å². The van der Waals surface area contributed by atoms with Crippen molar-refractivity contribution in [3.05, 3.63) is 23.8 Å². The molecule has 0 amide bonds. The summed E-state index contributed by atoms with van der Waals surface area (Å²) in [6.45, 7) is 5.78. The third-order valence-electron chi connectivity index (χ3n) is 3.08. The summed E-state index contributed by atoms with van der Waals surface area (Å²) < 4.78 is 11.0. The van der Waals surface area contributed by atoms with E-state index in [4.69, 9.17) is 15.2 Å². The number of methoxy groups -OCH3 is 1. The molecule has 0 unspecified atom stereocenters. The number of ether oxygens (including phenoxy) is 2. The van der Waals surface area contributed by atoms with Gasteiger partial charge in [0.1, 0.15) is 5.75 Å². The molecular formula is C14H23NO2. The van der Waals surface area contributed by atoms with Crippen LogP contribution in [0.15, 0.2) is 18.2 Å². The van der Waals surface area contributed by atoms with Crippen LogP contribution in [0.4, 0.5) is 5.69 Å². The first-order valence-corrected chi connectivity index (χ1v) is 6.21. The van der Waals surface area contributed by atoms with Crippen LogP contribution in [0.3, 0.4) is 0 Å². The van der Waals surface area contributed by atoms with E-state index in [0.29, 0.717) is 18.2 Å². The fraction of sp³-hybridized carbons (Fsp3) is 0.571. The maximum atomic E-state index is 5.73. The first-order chi connectivity index (χ1) is 8.21. The van der Waals surface area contributed by atoms with Crippen LogP contribution in [0.5, 0.6) is 5.75 Å². The summed E-state index contributed by atoms with van der Waals surface area (Å²) in [6.07, 6.45) is 2.32. The Labute approximate surface area is 104 Å². The van der Waals surface area contributed by atoms with Gasteiger partial charge in [0.05, 0.1) is 13.7 Å². The zero-order chi connectivity index (χ0) is 12.7. The highest BCUT2D eigenvalue weighted by molar-refractivity contribution is 5.48. The molecule has 2 N–H and O–H groups in total. The molecule has 0 aliphatic carbocycles. The van der Waals surface area contributed by atoms with Gasteiger partial charge in [0.25, 0.3) is 0 Å². The van der Waals surface area contributed by atoms with Crippen LogP contribution in [-0.4, -0.2) is 13.7 Å². The first-order valence-electron chi connectivity index (χ1n) is 6.21. The summed E-state index contributed by atoms with van der Waals surface area (Å²) in [6, 6.07) is 5.66. The quantitative estimate of drug-likeness (QED) is 0.740. The molecule has 0 saturated heterocycles. The minimum atomic E-state index is 0.583. The number of rotatable bonds is 7. The smallest absolute Gasteiger partial charge is 0.126 e. The molecule has 0 aromatic heterocycles. The molecule has 17 heavy (non-hydrogen) atoms. The van der Waals surface area contributed by atoms with E-state index < -0.39 is 0 Å². The van der Waals surface area contributed by atoms with E-state index in [-0.39, 0.29) is 0 Å². The van der Waals surface area contributed by atoms with E-state index in [1.807, 2.05) is 18.2 Å². The average Bonchev–Trinajstić information content (AvgIpc) is 2.36. The van der Waals surface area contributed by atoms with Gasteiger partial charge in [-0.1, -0.05) is 32.8 Å². The molecule has 0 bridgehead atoms. The number of nitrogens with two attached hydrogens (primary N) is 1. The summed E-state index contributed by atoms with van der Waals surface area (Å²) in [5.74, 6) is 1.45. The van der Waals surface area contributed by atoms with Gasteiger partial charge in [-0.25, -0.2) is 0 Å². The normalized spacial score (nSPS) is 10.8. The summed E-state index contributed by atoms with van der Waals surface area (Å²) in [5, 5.41) is 0. The highest BCUT2D eigenvalue weighted by atomic mass is 16.5. The second kappa shape index (κ2) is 7.17. The Kier molecular flexibility index (Phi) is 5.84. The molecule has 1 aromatic carbocycles. The Hall–Kier alpha value is -1.22. The lowest BCUT2D eigenvalue weighted by Crippen LogP contribution is -2.08. The van der Waals surface area contributed by atoms with E-state index in [1.54, 1.807) is 7.11 Å². The molecule has 0 heterocycles. The van der Waals surface area contributed by atoms with Crippen molar-refractivity contribution in [3.8, 4) is 5.75 Å². The number of anilines is 1. The van der Waals surface area contributed by atoms with E-state index in [2.05, 4.69) is 13.8 Å². The molecule has 3 heteroatoms. The molecule has 96 valence electrons. The van der Waals surface area contributed by atoms with Gasteiger partial charge in [0.2, 0.25) is 0 Å². The van der Waals surface area contributed by atoms with Gasteiger partial charge in [0.15, 0.2) is 0 Å². The molecule has 1 aromatic rings. The van der Waals surface area contributed by atoms with Crippen molar-refractivity contribution in [3.63, 3.8) is 0 Å². The van der Waals surface area contributed by atoms with Crippen molar-refractivity contribution in [1.82, 2.24) is 0 Å². The third-order valence-corrected chi connectivity index (χ3v) is 3.08. The zero-order valence-corrected chi connectivity index (χ0v) is 11.0. The average molecular weight is 237 g/mol. The van der Waals surface area contributed by atoms with Crippen molar-refractivity contribution < 1.29 is 9.47 Å². The lowest BCUT2D eigenvalue weighted by molar-refractivity contribution is 0.0830. The largest absolute Gasteiger partial charge is 0.496 e. The maximum Gasteiger partial charge on any atom is 0.126 e. The van der Waals surface area contributed by atoms with Gasteiger partial charge in [-0.3, -0.25) is 0 Å². The summed E-state index contributed by atoms with van der Waals surface area (Å²) >= 11 is 0. The summed E-state index contributed by atoms with van der Waals surface area (Å²) in [7, 11) is 1.65. The van der Waals surface area contributed by atoms with Crippen molar-refractivity contribution in [2.75, 3.05) is 19.5 Å². The topological polar surface area (TPSA) is 44.5 Å². The first kappa shape index (κ1) is 13.8. The van der Waals surface area contributed by atoms with Crippen LogP contribution >= 0.6 is 0 Å². The molecule has 0 fully saturated rings. The Morgan fingerprint density at radius 1 is 1.24 bits per heavy atom. The van der Waals surface area contributed by atoms with Crippen LogP contribution in [0.1, 0.15) is 32.3 Å². The minimum Gasteiger partial charge on any atom is -0.496 e. The molecule has 0 aliphatic heterocycles. The Balaban J connectivity index is 2.51. The molecule has 0 aliphatic rings. The lowest BCUT2D eigenvalue weighted by atomic mass is 10.1. The maximum absolute atomic E-state index is 5.73. The number of hydrogen-bond acceptors (Lipinski definition) is 3. The molecule has 0 saturated carbocycles. The fourth-order valence-corrected chi connectivity index (χ4v) is 1.74. The highest BCUT2D eigenvalue weighted by Gasteiger charge is 2.06. The van der Waals surface area contributed by atoms with Crippen LogP contribution in [0, 0.1) is 5.92 Å². The Morgan fingerprint density at radius 3 is 2.53 bits per heavy atom. The molecular weight excluding hydrogens is 214 g/mol. The molecule has 0 radical (unpaired) electrons. The number of nitrogen functional groups attached to an aromatic ring is 1. The van der Waals surface area contributed by atoms with Crippen molar-refractivity contribution in [1.29, 1.82) is 0 Å². The monoisotopic (exact) mass is 237 g/mol. The third kappa shape index (κ3) is 4.27. The van der Waals surface area contributed by atoms with E-state index in [1.165, 1.54) is 0 Å². The highest BCUT2D eigenvalue weighted by Crippen LogP contribution is 2.22. The Morgan fingerprint density at radius 2 is 1.94 bits per heavy atom. The van der Waals surface area contributed by atoms with Crippen LogP contribution in [0.25, 0.3) is 0 Å². The SMILES string of the molecule is CCC(CC)COCc1ccc(N)cc1OC. The van der Waals surface area contributed by atoms with Crippen LogP contribution in [0.2, 0.25) is 0 Å². The van der Waals surface area contributed by atoms with Crippen molar-refractivity contribution in [2.45, 2.75) is 33.3 Å². The Bertz CT molecular complexity index is 335. The van der Waals surface area contributed by atoms with E-state index >= 15 is 0 Å². The van der Waals surface area contributed by atoms with Gasteiger partial charge in [-0.15, -0.1) is 0 Å². The molecule has 0 atom stereocenters. The van der Waals surface area contributed by atoms with E-state index in [0.717, 1.165) is 30.8 Å². The standard InChI is InChI=1S/C14H23NO2/c1-4-11(5-2)9-17-10-12-6-7-13(15)8-14(12)16-3/h6-8,11H,4-5,9-10,15H2,1-3H3. The van der Waals surface area contributed by atoms with Gasteiger partial charge < -0.3 is 15.2 Å². The fourth-order valence-electron chi connectivity index (χ4n) is 1.74. The predicted octanol–water partition coefficient (Wildman–Crippen LogP) is 3.23. The van der Waals surface area contributed by atoms with Crippen LogP contribution in [-0.2, 0) is 11.3 Å². The van der Waals surface area contributed by atoms with Gasteiger partial charge in [0, 0.05) is 23.9 Å². The zero-order valence-electron chi connectivity index (χ0n) is 11.0. The molecule has 3 nitrogen and oxygen atoms in total. The van der Waals surface area contributed by atoms with Crippen LogP contribution < -0.4 is 10.5 Å². The molecule has 0 spiro atoms. The number of benzene rings is 1. The van der Waals surface area contributed by atoms with Crippen molar-refractivity contribution in [2.24, 2.45) is 5.92 Å². The number of hydrogen-bond donors (Lipinski definition) is 1. The summed E-state index contributed by atoms with van der Waals surface area (Å²) in [4.78, 5) is 0.